The lowest BCUT2D eigenvalue weighted by molar-refractivity contribution is 0.0486. The van der Waals surface area contributed by atoms with Crippen molar-refractivity contribution in [3.63, 3.8) is 0 Å². The Labute approximate surface area is 353 Å². The maximum atomic E-state index is 7.90. The highest BCUT2D eigenvalue weighted by Crippen LogP contribution is 2.42. The molecular formula is C40H40O11Si8. The predicted octanol–water partition coefficient (Wildman–Crippen LogP) is 2.14. The fourth-order valence-electron chi connectivity index (χ4n) is 7.53. The second-order valence-corrected chi connectivity index (χ2v) is 36.5. The van der Waals surface area contributed by atoms with Crippen molar-refractivity contribution in [2.75, 3.05) is 6.23 Å². The number of fused-ring (bicyclic) bond motifs is 4. The maximum Gasteiger partial charge on any atom is 0.522 e. The molecule has 4 heterocycles. The summed E-state index contributed by atoms with van der Waals surface area (Å²) >= 11 is 0. The van der Waals surface area contributed by atoms with E-state index in [4.69, 9.17) is 45.6 Å². The van der Waals surface area contributed by atoms with Gasteiger partial charge in [0.1, 0.15) is 0 Å². The number of rotatable bonds is 7. The van der Waals surface area contributed by atoms with Crippen molar-refractivity contribution >= 4 is 102 Å². The largest absolute Gasteiger partial charge is 0.522 e. The molecule has 4 aliphatic rings. The van der Waals surface area contributed by atoms with Crippen LogP contribution in [0.3, 0.4) is 0 Å². The van der Waals surface area contributed by atoms with Crippen molar-refractivity contribution in [1.29, 1.82) is 0 Å². The summed E-state index contributed by atoms with van der Waals surface area (Å²) < 4.78 is 84.3. The first kappa shape index (κ1) is 39.5. The van der Waals surface area contributed by atoms with Crippen LogP contribution in [0.15, 0.2) is 194 Å². The quantitative estimate of drug-likeness (QED) is 0.221. The molecule has 6 bridgehead atoms. The Bertz CT molecular complexity index is 2410. The summed E-state index contributed by atoms with van der Waals surface area (Å²) in [5, 5.41) is 4.03. The topological polar surface area (TPSA) is 102 Å². The van der Waals surface area contributed by atoms with Crippen molar-refractivity contribution < 1.29 is 45.6 Å². The highest BCUT2D eigenvalue weighted by molar-refractivity contribution is 7.08. The van der Waals surface area contributed by atoms with Crippen LogP contribution >= 0.6 is 0 Å². The van der Waals surface area contributed by atoms with Crippen molar-refractivity contribution in [3.05, 3.63) is 194 Å². The highest BCUT2D eigenvalue weighted by atomic mass is 28.6. The Balaban J connectivity index is 1.37. The fourth-order valence-corrected chi connectivity index (χ4v) is 47.0. The molecule has 6 aromatic rings. The molecule has 59 heavy (non-hydrogen) atoms. The van der Waals surface area contributed by atoms with Gasteiger partial charge >= 0.3 is 62.1 Å². The predicted molar refractivity (Wildman–Crippen MR) is 238 cm³/mol. The third-order valence-electron chi connectivity index (χ3n) is 10.3. The van der Waals surface area contributed by atoms with E-state index < -0.39 is 71.2 Å². The minimum atomic E-state index is -4.54. The summed E-state index contributed by atoms with van der Waals surface area (Å²) in [5.74, 6) is 0. The Morgan fingerprint density at radius 2 is 0.746 bits per heavy atom. The van der Waals surface area contributed by atoms with E-state index >= 15 is 0 Å². The Morgan fingerprint density at radius 3 is 1.22 bits per heavy atom. The van der Waals surface area contributed by atoms with E-state index in [1.165, 1.54) is 0 Å². The summed E-state index contributed by atoms with van der Waals surface area (Å²) in [5.41, 5.74) is 1.62. The second kappa shape index (κ2) is 15.7. The van der Waals surface area contributed by atoms with Gasteiger partial charge in [-0.1, -0.05) is 182 Å². The van der Waals surface area contributed by atoms with E-state index in [0.29, 0.717) is 25.9 Å². The first-order valence-electron chi connectivity index (χ1n) is 19.4. The molecule has 4 saturated heterocycles. The summed E-state index contributed by atoms with van der Waals surface area (Å²) in [4.78, 5) is 0. The van der Waals surface area contributed by atoms with Gasteiger partial charge in [0.05, 0.1) is 6.23 Å². The zero-order valence-corrected chi connectivity index (χ0v) is 40.3. The molecule has 0 saturated carbocycles. The molecule has 0 spiro atoms. The minimum Gasteiger partial charge on any atom is -0.414 e. The van der Waals surface area contributed by atoms with E-state index in [0.717, 1.165) is 5.19 Å². The molecule has 0 amide bonds. The smallest absolute Gasteiger partial charge is 0.414 e. The van der Waals surface area contributed by atoms with Gasteiger partial charge in [0, 0.05) is 25.9 Å². The standard InChI is InChI=1S/C40H40O11Si8/c1-3-54-43-53(35-22-10-4-11-23-35)44-57(38-28-16-7-17-29-38)48-56(37-26-14-6-15-27-37)42-52(2)34-41-55(45-54,36-24-12-5-13-25-36)47-59(49-56,40-32-20-9-21-33-40)51-58(46-54,50-57)39-30-18-8-19-31-39/h3-33,52-53H,1,34H2,2H3. The molecule has 0 N–H and O–H groups in total. The van der Waals surface area contributed by atoms with Gasteiger partial charge < -0.3 is 45.6 Å². The zero-order chi connectivity index (χ0) is 40.0. The lowest BCUT2D eigenvalue weighted by atomic mass is 10.4. The molecule has 8 unspecified atom stereocenters. The van der Waals surface area contributed by atoms with Gasteiger partial charge in [0.25, 0.3) is 0 Å². The van der Waals surface area contributed by atoms with Gasteiger partial charge in [0.2, 0.25) is 0 Å². The van der Waals surface area contributed by atoms with Gasteiger partial charge in [0.15, 0.2) is 9.04 Å². The SMILES string of the molecule is C=C[Si]12O[SiH](c3ccccc3)O[Si]3(c4ccccc4)O[Si]4(c5ccccc5)O[SiH](C)CO[Si](c5ccccc5)(O1)O[Si](c1ccccc1)(O4)O[Si](c1ccccc1)(O2)O3. The van der Waals surface area contributed by atoms with Gasteiger partial charge in [-0.25, -0.2) is 0 Å². The molecule has 4 aliphatic heterocycles. The zero-order valence-electron chi connectivity index (χ0n) is 32.0. The first-order valence-corrected chi connectivity index (χ1v) is 33.7. The molecule has 11 nitrogen and oxygen atoms in total. The molecule has 298 valence electrons. The molecule has 0 aliphatic carbocycles. The Morgan fingerprint density at radius 1 is 0.407 bits per heavy atom. The second-order valence-electron chi connectivity index (χ2n) is 14.4. The molecule has 0 radical (unpaired) electrons. The number of benzene rings is 6. The summed E-state index contributed by atoms with van der Waals surface area (Å²) in [7, 11) is -32.1. The van der Waals surface area contributed by atoms with Crippen molar-refractivity contribution in [2.24, 2.45) is 0 Å². The Kier molecular flexibility index (Phi) is 10.5. The monoisotopic (exact) mass is 920 g/mol. The third-order valence-corrected chi connectivity index (χ3v) is 40.7. The minimum absolute atomic E-state index is 0.165. The van der Waals surface area contributed by atoms with Crippen molar-refractivity contribution in [1.82, 2.24) is 0 Å². The average molecular weight is 921 g/mol. The number of hydrogen-bond donors (Lipinski definition) is 0. The van der Waals surface area contributed by atoms with E-state index in [9.17, 15) is 0 Å². The molecule has 8 atom stereocenters. The lowest BCUT2D eigenvalue weighted by Crippen LogP contribution is -2.88. The van der Waals surface area contributed by atoms with Gasteiger partial charge in [-0.15, -0.1) is 6.58 Å². The molecule has 10 rings (SSSR count). The first-order chi connectivity index (χ1) is 28.8. The van der Waals surface area contributed by atoms with Crippen LogP contribution < -0.4 is 31.1 Å². The van der Waals surface area contributed by atoms with Crippen LogP contribution in [0.5, 0.6) is 0 Å². The third kappa shape index (κ3) is 7.15. The van der Waals surface area contributed by atoms with E-state index in [-0.39, 0.29) is 6.23 Å². The van der Waals surface area contributed by atoms with Gasteiger partial charge in [-0.2, -0.15) is 0 Å². The normalized spacial score (nSPS) is 34.2. The summed E-state index contributed by atoms with van der Waals surface area (Å²) in [6, 6.07) is 58.2. The van der Waals surface area contributed by atoms with Crippen LogP contribution in [0, 0.1) is 0 Å². The van der Waals surface area contributed by atoms with Crippen molar-refractivity contribution in [3.8, 4) is 0 Å². The number of hydrogen-bond acceptors (Lipinski definition) is 11. The fraction of sp³-hybridized carbons (Fsp3) is 0.0500. The van der Waals surface area contributed by atoms with Crippen LogP contribution in [-0.4, -0.2) is 77.4 Å². The average Bonchev–Trinajstić information content (AvgIpc) is 3.33. The van der Waals surface area contributed by atoms with Crippen LogP contribution in [-0.2, 0) is 45.6 Å². The summed E-state index contributed by atoms with van der Waals surface area (Å²) in [6.45, 7) is 6.42. The van der Waals surface area contributed by atoms with Crippen LogP contribution in [0.25, 0.3) is 0 Å². The van der Waals surface area contributed by atoms with E-state index in [2.05, 4.69) is 13.1 Å². The van der Waals surface area contributed by atoms with Crippen LogP contribution in [0.1, 0.15) is 0 Å². The van der Waals surface area contributed by atoms with E-state index in [1.807, 2.05) is 182 Å². The van der Waals surface area contributed by atoms with Gasteiger partial charge in [-0.3, -0.25) is 0 Å². The van der Waals surface area contributed by atoms with Crippen LogP contribution in [0.2, 0.25) is 6.55 Å². The maximum absolute atomic E-state index is 7.90. The summed E-state index contributed by atoms with van der Waals surface area (Å²) in [6.07, 6.45) is 0.165. The molecule has 6 aromatic carbocycles. The molecule has 0 aromatic heterocycles. The molecular weight excluding hydrogens is 881 g/mol. The van der Waals surface area contributed by atoms with E-state index in [1.54, 1.807) is 5.70 Å². The molecule has 19 heteroatoms. The van der Waals surface area contributed by atoms with Gasteiger partial charge in [-0.05, 0) is 17.4 Å². The lowest BCUT2D eigenvalue weighted by Gasteiger charge is -2.56. The van der Waals surface area contributed by atoms with Crippen molar-refractivity contribution in [2.45, 2.75) is 6.55 Å². The Hall–Kier alpha value is -3.64. The highest BCUT2D eigenvalue weighted by Gasteiger charge is 2.78. The molecule has 4 fully saturated rings. The van der Waals surface area contributed by atoms with Crippen LogP contribution in [0.4, 0.5) is 0 Å².